The van der Waals surface area contributed by atoms with Gasteiger partial charge in [-0.1, -0.05) is 13.3 Å². The lowest BCUT2D eigenvalue weighted by molar-refractivity contribution is 0.143. The van der Waals surface area contributed by atoms with Gasteiger partial charge in [0.15, 0.2) is 0 Å². The molecule has 1 aromatic heterocycles. The number of aliphatic hydroxyl groups excluding tert-OH is 1. The van der Waals surface area contributed by atoms with E-state index < -0.39 is 0 Å². The van der Waals surface area contributed by atoms with Gasteiger partial charge in [0.1, 0.15) is 5.76 Å². The van der Waals surface area contributed by atoms with E-state index in [1.54, 1.807) is 13.2 Å². The molecule has 1 aliphatic rings. The number of hydrogen-bond donors (Lipinski definition) is 3. The van der Waals surface area contributed by atoms with Gasteiger partial charge in [0.2, 0.25) is 0 Å². The van der Waals surface area contributed by atoms with Crippen molar-refractivity contribution < 1.29 is 14.3 Å². The standard InChI is InChI=1S/C18H31N3O3/c1-14(11-15(2)22)12-19-18(23)20-13-16(17-7-6-10-24-17)21-8-4-3-5-9-21/h6-7,10,14-16,22H,3-5,8-9,11-13H2,1-2H3,(H2,19,20,23). The summed E-state index contributed by atoms with van der Waals surface area (Å²) >= 11 is 0. The molecule has 0 spiro atoms. The number of furan rings is 1. The molecular weight excluding hydrogens is 306 g/mol. The molecule has 0 aromatic carbocycles. The third kappa shape index (κ3) is 6.17. The molecule has 2 rings (SSSR count). The first kappa shape index (κ1) is 18.8. The predicted molar refractivity (Wildman–Crippen MR) is 93.7 cm³/mol. The summed E-state index contributed by atoms with van der Waals surface area (Å²) in [7, 11) is 0. The number of amides is 2. The third-order valence-electron chi connectivity index (χ3n) is 4.51. The highest BCUT2D eigenvalue weighted by Crippen LogP contribution is 2.24. The highest BCUT2D eigenvalue weighted by atomic mass is 16.3. The molecule has 1 aliphatic heterocycles. The van der Waals surface area contributed by atoms with Crippen LogP contribution < -0.4 is 10.6 Å². The molecule has 1 saturated heterocycles. The van der Waals surface area contributed by atoms with Crippen molar-refractivity contribution in [1.82, 2.24) is 15.5 Å². The first-order valence-electron chi connectivity index (χ1n) is 9.03. The van der Waals surface area contributed by atoms with Crippen LogP contribution in [0.2, 0.25) is 0 Å². The number of rotatable bonds is 8. The van der Waals surface area contributed by atoms with Crippen molar-refractivity contribution in [3.05, 3.63) is 24.2 Å². The van der Waals surface area contributed by atoms with Crippen molar-refractivity contribution in [3.63, 3.8) is 0 Å². The Hall–Kier alpha value is -1.53. The van der Waals surface area contributed by atoms with Crippen LogP contribution in [-0.4, -0.2) is 48.3 Å². The van der Waals surface area contributed by atoms with Gasteiger partial charge in [0.25, 0.3) is 0 Å². The molecule has 1 aromatic rings. The van der Waals surface area contributed by atoms with E-state index in [9.17, 15) is 9.90 Å². The van der Waals surface area contributed by atoms with E-state index in [1.807, 2.05) is 19.1 Å². The minimum Gasteiger partial charge on any atom is -0.468 e. The van der Waals surface area contributed by atoms with Crippen molar-refractivity contribution in [2.24, 2.45) is 5.92 Å². The number of piperidine rings is 1. The summed E-state index contributed by atoms with van der Waals surface area (Å²) in [6.45, 7) is 6.96. The van der Waals surface area contributed by atoms with Gasteiger partial charge in [-0.05, 0) is 57.3 Å². The summed E-state index contributed by atoms with van der Waals surface area (Å²) in [6, 6.07) is 3.79. The highest BCUT2D eigenvalue weighted by Gasteiger charge is 2.24. The topological polar surface area (TPSA) is 77.7 Å². The third-order valence-corrected chi connectivity index (χ3v) is 4.51. The first-order chi connectivity index (χ1) is 11.6. The maximum absolute atomic E-state index is 12.1. The van der Waals surface area contributed by atoms with Crippen LogP contribution >= 0.6 is 0 Å². The van der Waals surface area contributed by atoms with E-state index in [2.05, 4.69) is 15.5 Å². The summed E-state index contributed by atoms with van der Waals surface area (Å²) < 4.78 is 5.58. The fourth-order valence-corrected chi connectivity index (χ4v) is 3.30. The monoisotopic (exact) mass is 337 g/mol. The van der Waals surface area contributed by atoms with Crippen LogP contribution in [0.15, 0.2) is 22.8 Å². The van der Waals surface area contributed by atoms with Gasteiger partial charge in [0.05, 0.1) is 18.4 Å². The normalized spacial score (nSPS) is 19.5. The minimum atomic E-state index is -0.340. The van der Waals surface area contributed by atoms with Gasteiger partial charge >= 0.3 is 6.03 Å². The van der Waals surface area contributed by atoms with Crippen LogP contribution in [-0.2, 0) is 0 Å². The van der Waals surface area contributed by atoms with E-state index in [0.29, 0.717) is 19.5 Å². The Morgan fingerprint density at radius 1 is 1.25 bits per heavy atom. The van der Waals surface area contributed by atoms with Crippen LogP contribution in [0.3, 0.4) is 0 Å². The van der Waals surface area contributed by atoms with Crippen molar-refractivity contribution in [2.45, 2.75) is 51.7 Å². The Balaban J connectivity index is 1.80. The van der Waals surface area contributed by atoms with Crippen molar-refractivity contribution in [3.8, 4) is 0 Å². The second-order valence-electron chi connectivity index (χ2n) is 6.91. The number of aliphatic hydroxyl groups is 1. The molecule has 3 N–H and O–H groups in total. The van der Waals surface area contributed by atoms with E-state index in [-0.39, 0.29) is 24.1 Å². The van der Waals surface area contributed by atoms with Crippen molar-refractivity contribution in [1.29, 1.82) is 0 Å². The average Bonchev–Trinajstić information content (AvgIpc) is 3.08. The summed E-state index contributed by atoms with van der Waals surface area (Å²) in [5.41, 5.74) is 0. The molecule has 2 heterocycles. The van der Waals surface area contributed by atoms with Gasteiger partial charge < -0.3 is 20.2 Å². The molecule has 0 aliphatic carbocycles. The first-order valence-corrected chi connectivity index (χ1v) is 9.03. The molecule has 3 unspecified atom stereocenters. The van der Waals surface area contributed by atoms with E-state index >= 15 is 0 Å². The lowest BCUT2D eigenvalue weighted by Crippen LogP contribution is -2.44. The maximum atomic E-state index is 12.1. The Morgan fingerprint density at radius 3 is 2.58 bits per heavy atom. The summed E-state index contributed by atoms with van der Waals surface area (Å²) in [6.07, 6.45) is 5.69. The Labute approximate surface area is 144 Å². The van der Waals surface area contributed by atoms with Gasteiger partial charge in [-0.15, -0.1) is 0 Å². The number of hydrogen-bond acceptors (Lipinski definition) is 4. The smallest absolute Gasteiger partial charge is 0.314 e. The van der Waals surface area contributed by atoms with Crippen molar-refractivity contribution >= 4 is 6.03 Å². The number of urea groups is 1. The van der Waals surface area contributed by atoms with Crippen LogP contribution in [0.1, 0.15) is 51.3 Å². The molecule has 0 bridgehead atoms. The molecule has 6 nitrogen and oxygen atoms in total. The van der Waals surface area contributed by atoms with Gasteiger partial charge in [0, 0.05) is 13.1 Å². The van der Waals surface area contributed by atoms with E-state index in [4.69, 9.17) is 4.42 Å². The van der Waals surface area contributed by atoms with Crippen LogP contribution in [0.25, 0.3) is 0 Å². The predicted octanol–water partition coefficient (Wildman–Crippen LogP) is 2.51. The lowest BCUT2D eigenvalue weighted by atomic mass is 10.1. The summed E-state index contributed by atoms with van der Waals surface area (Å²) in [4.78, 5) is 14.4. The molecule has 3 atom stereocenters. The number of likely N-dealkylation sites (tertiary alicyclic amines) is 1. The number of carbonyl (C=O) groups excluding carboxylic acids is 1. The summed E-state index contributed by atoms with van der Waals surface area (Å²) in [5, 5.41) is 15.2. The Kier molecular flexibility index (Phi) is 7.59. The summed E-state index contributed by atoms with van der Waals surface area (Å²) in [5.74, 6) is 1.15. The fourth-order valence-electron chi connectivity index (χ4n) is 3.30. The zero-order valence-corrected chi connectivity index (χ0v) is 14.8. The van der Waals surface area contributed by atoms with Crippen molar-refractivity contribution in [2.75, 3.05) is 26.2 Å². The van der Waals surface area contributed by atoms with Gasteiger partial charge in [-0.2, -0.15) is 0 Å². The lowest BCUT2D eigenvalue weighted by Gasteiger charge is -2.33. The fraction of sp³-hybridized carbons (Fsp3) is 0.722. The zero-order valence-electron chi connectivity index (χ0n) is 14.8. The number of carbonyl (C=O) groups is 1. The van der Waals surface area contributed by atoms with E-state index in [1.165, 1.54) is 19.3 Å². The second-order valence-corrected chi connectivity index (χ2v) is 6.91. The molecule has 136 valence electrons. The van der Waals surface area contributed by atoms with Crippen LogP contribution in [0, 0.1) is 5.92 Å². The van der Waals surface area contributed by atoms with Crippen LogP contribution in [0.4, 0.5) is 4.79 Å². The number of nitrogens with zero attached hydrogens (tertiary/aromatic N) is 1. The average molecular weight is 337 g/mol. The quantitative estimate of drug-likeness (QED) is 0.681. The molecule has 24 heavy (non-hydrogen) atoms. The molecule has 0 saturated carbocycles. The molecular formula is C18H31N3O3. The molecule has 0 radical (unpaired) electrons. The molecule has 1 fully saturated rings. The second kappa shape index (κ2) is 9.69. The van der Waals surface area contributed by atoms with Gasteiger partial charge in [-0.3, -0.25) is 4.90 Å². The Bertz CT molecular complexity index is 470. The zero-order chi connectivity index (χ0) is 17.4. The van der Waals surface area contributed by atoms with E-state index in [0.717, 1.165) is 18.8 Å². The SMILES string of the molecule is CC(O)CC(C)CNC(=O)NCC(c1ccco1)N1CCCCC1. The highest BCUT2D eigenvalue weighted by molar-refractivity contribution is 5.73. The minimum absolute atomic E-state index is 0.0842. The molecule has 6 heteroatoms. The largest absolute Gasteiger partial charge is 0.468 e. The Morgan fingerprint density at radius 2 is 1.96 bits per heavy atom. The maximum Gasteiger partial charge on any atom is 0.314 e. The number of nitrogens with one attached hydrogen (secondary N) is 2. The van der Waals surface area contributed by atoms with Gasteiger partial charge in [-0.25, -0.2) is 4.79 Å². The molecule has 2 amide bonds. The van der Waals surface area contributed by atoms with Crippen LogP contribution in [0.5, 0.6) is 0 Å².